The Balaban J connectivity index is 1.91. The number of hydrogen-bond donors (Lipinski definition) is 2. The lowest BCUT2D eigenvalue weighted by molar-refractivity contribution is -0.146. The Bertz CT molecular complexity index is 344. The van der Waals surface area contributed by atoms with Crippen molar-refractivity contribution >= 4 is 11.9 Å². The number of ether oxygens (including phenoxy) is 1. The maximum atomic E-state index is 12.4. The van der Waals surface area contributed by atoms with Gasteiger partial charge in [-0.3, -0.25) is 4.79 Å². The zero-order valence-electron chi connectivity index (χ0n) is 12.7. The Kier molecular flexibility index (Phi) is 6.49. The van der Waals surface area contributed by atoms with Crippen LogP contribution in [0, 0.1) is 11.8 Å². The van der Waals surface area contributed by atoms with Crippen molar-refractivity contribution < 1.29 is 19.4 Å². The molecule has 5 heteroatoms. The number of carboxylic acids is 1. The van der Waals surface area contributed by atoms with E-state index >= 15 is 0 Å². The molecule has 120 valence electrons. The molecule has 0 bridgehead atoms. The van der Waals surface area contributed by atoms with Crippen LogP contribution in [0.2, 0.25) is 0 Å². The van der Waals surface area contributed by atoms with Crippen molar-refractivity contribution in [3.63, 3.8) is 0 Å². The fourth-order valence-corrected chi connectivity index (χ4v) is 3.40. The lowest BCUT2D eigenvalue weighted by atomic mass is 9.89. The molecule has 2 unspecified atom stereocenters. The van der Waals surface area contributed by atoms with E-state index in [4.69, 9.17) is 4.74 Å². The van der Waals surface area contributed by atoms with Gasteiger partial charge >= 0.3 is 5.97 Å². The van der Waals surface area contributed by atoms with Gasteiger partial charge in [-0.25, -0.2) is 4.79 Å². The summed E-state index contributed by atoms with van der Waals surface area (Å²) in [5.41, 5.74) is 0. The molecule has 0 radical (unpaired) electrons. The quantitative estimate of drug-likeness (QED) is 0.835. The molecule has 2 fully saturated rings. The molecule has 1 aliphatic carbocycles. The van der Waals surface area contributed by atoms with Crippen LogP contribution in [0.1, 0.15) is 57.8 Å². The summed E-state index contributed by atoms with van der Waals surface area (Å²) in [7, 11) is 0. The van der Waals surface area contributed by atoms with Crippen LogP contribution in [0.3, 0.4) is 0 Å². The minimum Gasteiger partial charge on any atom is -0.480 e. The second-order valence-corrected chi connectivity index (χ2v) is 6.34. The Labute approximate surface area is 126 Å². The minimum atomic E-state index is -0.940. The van der Waals surface area contributed by atoms with Crippen molar-refractivity contribution in [2.24, 2.45) is 11.8 Å². The number of carbonyl (C=O) groups excluding carboxylic acids is 1. The van der Waals surface area contributed by atoms with Crippen molar-refractivity contribution in [3.8, 4) is 0 Å². The van der Waals surface area contributed by atoms with E-state index in [9.17, 15) is 14.7 Å². The predicted molar refractivity (Wildman–Crippen MR) is 78.9 cm³/mol. The summed E-state index contributed by atoms with van der Waals surface area (Å²) in [5.74, 6) is -1.13. The molecule has 5 nitrogen and oxygen atoms in total. The molecule has 21 heavy (non-hydrogen) atoms. The van der Waals surface area contributed by atoms with Crippen LogP contribution < -0.4 is 5.32 Å². The van der Waals surface area contributed by atoms with Gasteiger partial charge < -0.3 is 15.2 Å². The van der Waals surface area contributed by atoms with Gasteiger partial charge in [-0.15, -0.1) is 0 Å². The van der Waals surface area contributed by atoms with Crippen LogP contribution in [0.4, 0.5) is 0 Å². The van der Waals surface area contributed by atoms with Crippen LogP contribution in [0.15, 0.2) is 0 Å². The van der Waals surface area contributed by atoms with E-state index in [1.807, 2.05) is 0 Å². The van der Waals surface area contributed by atoms with Gasteiger partial charge in [0, 0.05) is 18.4 Å². The molecule has 2 atom stereocenters. The maximum absolute atomic E-state index is 12.4. The number of carbonyl (C=O) groups is 2. The summed E-state index contributed by atoms with van der Waals surface area (Å²) in [4.78, 5) is 23.9. The van der Waals surface area contributed by atoms with E-state index in [0.29, 0.717) is 13.2 Å². The van der Waals surface area contributed by atoms with Gasteiger partial charge in [0.1, 0.15) is 6.04 Å². The average Bonchev–Trinajstić information content (AvgIpc) is 2.44. The number of hydrogen-bond acceptors (Lipinski definition) is 3. The highest BCUT2D eigenvalue weighted by Gasteiger charge is 2.33. The minimum absolute atomic E-state index is 0.0170. The van der Waals surface area contributed by atoms with Crippen LogP contribution in [0.5, 0.6) is 0 Å². The summed E-state index contributed by atoms with van der Waals surface area (Å²) >= 11 is 0. The summed E-state index contributed by atoms with van der Waals surface area (Å²) in [6.45, 7) is 1.13. The average molecular weight is 297 g/mol. The summed E-state index contributed by atoms with van der Waals surface area (Å²) in [6.07, 6.45) is 9.22. The van der Waals surface area contributed by atoms with Crippen molar-refractivity contribution in [2.75, 3.05) is 13.2 Å². The summed E-state index contributed by atoms with van der Waals surface area (Å²) < 4.78 is 5.36. The summed E-state index contributed by atoms with van der Waals surface area (Å²) in [6, 6.07) is -0.803. The van der Waals surface area contributed by atoms with Gasteiger partial charge in [-0.05, 0) is 25.7 Å². The zero-order valence-corrected chi connectivity index (χ0v) is 12.7. The molecule has 1 heterocycles. The van der Waals surface area contributed by atoms with E-state index in [1.165, 1.54) is 19.3 Å². The Morgan fingerprint density at radius 2 is 1.67 bits per heavy atom. The third-order valence-corrected chi connectivity index (χ3v) is 4.71. The molecule has 0 aromatic carbocycles. The van der Waals surface area contributed by atoms with E-state index in [0.717, 1.165) is 38.5 Å². The SMILES string of the molecule is O=C(NC(C(=O)O)C1CCCOC1)C1CCCCCCC1. The fourth-order valence-electron chi connectivity index (χ4n) is 3.40. The van der Waals surface area contributed by atoms with Gasteiger partial charge in [-0.2, -0.15) is 0 Å². The molecule has 2 aliphatic rings. The Morgan fingerprint density at radius 3 is 2.24 bits per heavy atom. The van der Waals surface area contributed by atoms with Crippen LogP contribution in [-0.4, -0.2) is 36.2 Å². The number of rotatable bonds is 4. The van der Waals surface area contributed by atoms with Gasteiger partial charge in [-0.1, -0.05) is 32.1 Å². The van der Waals surface area contributed by atoms with Crippen molar-refractivity contribution in [1.82, 2.24) is 5.32 Å². The summed E-state index contributed by atoms with van der Waals surface area (Å²) in [5, 5.41) is 12.2. The first-order valence-electron chi connectivity index (χ1n) is 8.29. The van der Waals surface area contributed by atoms with Crippen LogP contribution in [-0.2, 0) is 14.3 Å². The molecule has 2 rings (SSSR count). The third kappa shape index (κ3) is 4.99. The first-order chi connectivity index (χ1) is 10.2. The monoisotopic (exact) mass is 297 g/mol. The Morgan fingerprint density at radius 1 is 1.00 bits per heavy atom. The topological polar surface area (TPSA) is 75.6 Å². The molecule has 1 saturated heterocycles. The number of amides is 1. The highest BCUT2D eigenvalue weighted by Crippen LogP contribution is 2.24. The second-order valence-electron chi connectivity index (χ2n) is 6.34. The molecule has 0 aromatic heterocycles. The molecule has 0 aromatic rings. The van der Waals surface area contributed by atoms with Gasteiger partial charge in [0.05, 0.1) is 6.61 Å². The highest BCUT2D eigenvalue weighted by molar-refractivity contribution is 5.85. The van der Waals surface area contributed by atoms with E-state index in [1.54, 1.807) is 0 Å². The molecule has 1 aliphatic heterocycles. The van der Waals surface area contributed by atoms with E-state index < -0.39 is 12.0 Å². The second kappa shape index (κ2) is 8.37. The van der Waals surface area contributed by atoms with Gasteiger partial charge in [0.25, 0.3) is 0 Å². The first-order valence-corrected chi connectivity index (χ1v) is 8.29. The predicted octanol–water partition coefficient (Wildman–Crippen LogP) is 2.34. The van der Waals surface area contributed by atoms with Crippen molar-refractivity contribution in [1.29, 1.82) is 0 Å². The van der Waals surface area contributed by atoms with Crippen molar-refractivity contribution in [2.45, 2.75) is 63.8 Å². The first kappa shape index (κ1) is 16.3. The number of carboxylic acid groups (broad SMARTS) is 1. The fraction of sp³-hybridized carbons (Fsp3) is 0.875. The molecule has 1 amide bonds. The standard InChI is InChI=1S/C16H27NO4/c18-15(12-7-4-2-1-3-5-8-12)17-14(16(19)20)13-9-6-10-21-11-13/h12-14H,1-11H2,(H,17,18)(H,19,20). The number of aliphatic carboxylic acids is 1. The van der Waals surface area contributed by atoms with E-state index in [2.05, 4.69) is 5.32 Å². The van der Waals surface area contributed by atoms with Crippen LogP contribution in [0.25, 0.3) is 0 Å². The van der Waals surface area contributed by atoms with Gasteiger partial charge in [0.15, 0.2) is 0 Å². The molecule has 1 saturated carbocycles. The highest BCUT2D eigenvalue weighted by atomic mass is 16.5. The number of nitrogens with one attached hydrogen (secondary N) is 1. The van der Waals surface area contributed by atoms with Crippen molar-refractivity contribution in [3.05, 3.63) is 0 Å². The molecular formula is C16H27NO4. The molecule has 2 N–H and O–H groups in total. The molecular weight excluding hydrogens is 270 g/mol. The lowest BCUT2D eigenvalue weighted by Crippen LogP contribution is -2.50. The molecule has 0 spiro atoms. The normalized spacial score (nSPS) is 26.4. The third-order valence-electron chi connectivity index (χ3n) is 4.71. The Hall–Kier alpha value is -1.10. The van der Waals surface area contributed by atoms with Crippen LogP contribution >= 0.6 is 0 Å². The largest absolute Gasteiger partial charge is 0.480 e. The maximum Gasteiger partial charge on any atom is 0.326 e. The lowest BCUT2D eigenvalue weighted by Gasteiger charge is -2.29. The van der Waals surface area contributed by atoms with Gasteiger partial charge in [0.2, 0.25) is 5.91 Å². The van der Waals surface area contributed by atoms with E-state index in [-0.39, 0.29) is 17.7 Å². The smallest absolute Gasteiger partial charge is 0.326 e. The zero-order chi connectivity index (χ0) is 15.1.